The van der Waals surface area contributed by atoms with Gasteiger partial charge in [0, 0.05) is 11.3 Å². The van der Waals surface area contributed by atoms with Crippen molar-refractivity contribution in [2.24, 2.45) is 10.6 Å². The molecular weight excluding hydrogens is 238 g/mol. The minimum atomic E-state index is 0.220. The fourth-order valence-corrected chi connectivity index (χ4v) is 2.72. The van der Waals surface area contributed by atoms with Gasteiger partial charge in [0.1, 0.15) is 6.61 Å². The first kappa shape index (κ1) is 14.1. The Bertz CT molecular complexity index is 460. The Morgan fingerprint density at radius 3 is 2.79 bits per heavy atom. The molecule has 0 amide bonds. The Labute approximate surface area is 115 Å². The molecular formula is C15H25N3O. The van der Waals surface area contributed by atoms with E-state index in [0.717, 1.165) is 30.7 Å². The Kier molecular flexibility index (Phi) is 4.27. The van der Waals surface area contributed by atoms with Crippen LogP contribution in [0.25, 0.3) is 0 Å². The van der Waals surface area contributed by atoms with Gasteiger partial charge in [-0.1, -0.05) is 32.3 Å². The zero-order chi connectivity index (χ0) is 13.9. The van der Waals surface area contributed by atoms with E-state index in [0.29, 0.717) is 6.61 Å². The summed E-state index contributed by atoms with van der Waals surface area (Å²) in [6, 6.07) is 0. The van der Waals surface area contributed by atoms with Crippen LogP contribution in [0.5, 0.6) is 0 Å². The van der Waals surface area contributed by atoms with E-state index < -0.39 is 0 Å². The SMILES string of the molecule is CCCCc1n[nH]c2c1/C(=N\OCC)CC(C)(C)C2. The van der Waals surface area contributed by atoms with Gasteiger partial charge < -0.3 is 4.84 Å². The van der Waals surface area contributed by atoms with Crippen molar-refractivity contribution in [1.82, 2.24) is 10.2 Å². The standard InChI is InChI=1S/C15H25N3O/c1-5-7-8-11-14-12(17-16-11)9-15(3,4)10-13(14)18-19-6-2/h5-10H2,1-4H3,(H,16,17)/b18-13-. The molecule has 19 heavy (non-hydrogen) atoms. The molecule has 1 heterocycles. The van der Waals surface area contributed by atoms with Crippen molar-refractivity contribution in [3.63, 3.8) is 0 Å². The van der Waals surface area contributed by atoms with Crippen molar-refractivity contribution in [2.75, 3.05) is 6.61 Å². The highest BCUT2D eigenvalue weighted by molar-refractivity contribution is 6.03. The maximum Gasteiger partial charge on any atom is 0.114 e. The van der Waals surface area contributed by atoms with E-state index in [1.54, 1.807) is 0 Å². The summed E-state index contributed by atoms with van der Waals surface area (Å²) in [5.74, 6) is 0. The molecule has 4 heteroatoms. The molecule has 1 N–H and O–H groups in total. The van der Waals surface area contributed by atoms with Crippen molar-refractivity contribution >= 4 is 5.71 Å². The third kappa shape index (κ3) is 3.17. The maximum absolute atomic E-state index is 5.30. The average Bonchev–Trinajstić information content (AvgIpc) is 2.74. The molecule has 106 valence electrons. The quantitative estimate of drug-likeness (QED) is 0.827. The molecule has 0 unspecified atom stereocenters. The van der Waals surface area contributed by atoms with Gasteiger partial charge in [0.15, 0.2) is 0 Å². The zero-order valence-corrected chi connectivity index (χ0v) is 12.5. The molecule has 0 aliphatic heterocycles. The number of fused-ring (bicyclic) bond motifs is 1. The van der Waals surface area contributed by atoms with Crippen LogP contribution in [0.15, 0.2) is 5.16 Å². The number of H-pyrrole nitrogens is 1. The van der Waals surface area contributed by atoms with Crippen LogP contribution in [0, 0.1) is 5.41 Å². The van der Waals surface area contributed by atoms with Gasteiger partial charge in [-0.3, -0.25) is 5.10 Å². The monoisotopic (exact) mass is 263 g/mol. The van der Waals surface area contributed by atoms with E-state index in [-0.39, 0.29) is 5.41 Å². The number of nitrogens with one attached hydrogen (secondary N) is 1. The summed E-state index contributed by atoms with van der Waals surface area (Å²) in [5.41, 5.74) is 4.89. The Morgan fingerprint density at radius 1 is 1.32 bits per heavy atom. The second-order valence-corrected chi connectivity index (χ2v) is 6.10. The molecule has 0 bridgehead atoms. The summed E-state index contributed by atoms with van der Waals surface area (Å²) in [6.07, 6.45) is 5.37. The van der Waals surface area contributed by atoms with Crippen LogP contribution in [0.4, 0.5) is 0 Å². The molecule has 1 aromatic rings. The summed E-state index contributed by atoms with van der Waals surface area (Å²) in [5, 5.41) is 12.0. The fraction of sp³-hybridized carbons (Fsp3) is 0.733. The second kappa shape index (κ2) is 5.76. The van der Waals surface area contributed by atoms with Gasteiger partial charge in [0.25, 0.3) is 0 Å². The fourth-order valence-electron chi connectivity index (χ4n) is 2.72. The number of nitrogens with zero attached hydrogens (tertiary/aromatic N) is 2. The van der Waals surface area contributed by atoms with Crippen LogP contribution < -0.4 is 0 Å². The summed E-state index contributed by atoms with van der Waals surface area (Å²) in [6.45, 7) is 9.32. The zero-order valence-electron chi connectivity index (χ0n) is 12.5. The smallest absolute Gasteiger partial charge is 0.114 e. The van der Waals surface area contributed by atoms with Gasteiger partial charge in [0.2, 0.25) is 0 Å². The molecule has 1 aliphatic carbocycles. The van der Waals surface area contributed by atoms with Gasteiger partial charge in [-0.2, -0.15) is 5.10 Å². The lowest BCUT2D eigenvalue weighted by Gasteiger charge is -2.29. The number of aromatic nitrogens is 2. The molecule has 0 aromatic carbocycles. The first-order valence-electron chi connectivity index (χ1n) is 7.32. The molecule has 0 saturated carbocycles. The number of hydrogen-bond donors (Lipinski definition) is 1. The maximum atomic E-state index is 5.30. The predicted molar refractivity (Wildman–Crippen MR) is 77.5 cm³/mol. The van der Waals surface area contributed by atoms with E-state index in [1.807, 2.05) is 6.92 Å². The molecule has 0 fully saturated rings. The number of aryl methyl sites for hydroxylation is 1. The molecule has 1 aromatic heterocycles. The average molecular weight is 263 g/mol. The van der Waals surface area contributed by atoms with Crippen LogP contribution in [0.1, 0.15) is 63.9 Å². The van der Waals surface area contributed by atoms with Gasteiger partial charge in [-0.25, -0.2) is 0 Å². The Hall–Kier alpha value is -1.32. The lowest BCUT2D eigenvalue weighted by molar-refractivity contribution is 0.156. The largest absolute Gasteiger partial charge is 0.396 e. The summed E-state index contributed by atoms with van der Waals surface area (Å²) in [7, 11) is 0. The highest BCUT2D eigenvalue weighted by Crippen LogP contribution is 2.35. The number of rotatable bonds is 5. The van der Waals surface area contributed by atoms with E-state index in [4.69, 9.17) is 4.84 Å². The van der Waals surface area contributed by atoms with E-state index in [1.165, 1.54) is 24.1 Å². The number of unbranched alkanes of at least 4 members (excludes halogenated alkanes) is 1. The van der Waals surface area contributed by atoms with E-state index in [9.17, 15) is 0 Å². The second-order valence-electron chi connectivity index (χ2n) is 6.10. The number of aromatic amines is 1. The Balaban J connectivity index is 2.34. The predicted octanol–water partition coefficient (Wildman–Crippen LogP) is 3.47. The molecule has 0 radical (unpaired) electrons. The van der Waals surface area contributed by atoms with E-state index in [2.05, 4.69) is 36.1 Å². The third-order valence-corrected chi connectivity index (χ3v) is 3.58. The number of oxime groups is 1. The highest BCUT2D eigenvalue weighted by Gasteiger charge is 2.33. The van der Waals surface area contributed by atoms with Crippen molar-refractivity contribution in [1.29, 1.82) is 0 Å². The lowest BCUT2D eigenvalue weighted by atomic mass is 9.75. The lowest BCUT2D eigenvalue weighted by Crippen LogP contribution is -2.28. The molecule has 0 atom stereocenters. The molecule has 1 aliphatic rings. The van der Waals surface area contributed by atoms with Gasteiger partial charge >= 0.3 is 0 Å². The van der Waals surface area contributed by atoms with Crippen LogP contribution in [0.2, 0.25) is 0 Å². The van der Waals surface area contributed by atoms with Crippen LogP contribution >= 0.6 is 0 Å². The minimum Gasteiger partial charge on any atom is -0.396 e. The molecule has 0 saturated heterocycles. The van der Waals surface area contributed by atoms with Crippen LogP contribution in [0.3, 0.4) is 0 Å². The summed E-state index contributed by atoms with van der Waals surface area (Å²) >= 11 is 0. The van der Waals surface area contributed by atoms with Crippen molar-refractivity contribution in [3.8, 4) is 0 Å². The van der Waals surface area contributed by atoms with Gasteiger partial charge in [-0.05, 0) is 38.0 Å². The topological polar surface area (TPSA) is 50.3 Å². The first-order chi connectivity index (χ1) is 9.07. The normalized spacial score (nSPS) is 19.5. The molecule has 4 nitrogen and oxygen atoms in total. The number of hydrogen-bond acceptors (Lipinski definition) is 3. The van der Waals surface area contributed by atoms with Crippen molar-refractivity contribution in [3.05, 3.63) is 17.0 Å². The van der Waals surface area contributed by atoms with Crippen LogP contribution in [-0.2, 0) is 17.7 Å². The Morgan fingerprint density at radius 2 is 2.11 bits per heavy atom. The van der Waals surface area contributed by atoms with Crippen LogP contribution in [-0.4, -0.2) is 22.5 Å². The van der Waals surface area contributed by atoms with Gasteiger partial charge in [0.05, 0.1) is 11.4 Å². The molecule has 2 rings (SSSR count). The summed E-state index contributed by atoms with van der Waals surface area (Å²) < 4.78 is 0. The first-order valence-corrected chi connectivity index (χ1v) is 7.32. The van der Waals surface area contributed by atoms with Gasteiger partial charge in [-0.15, -0.1) is 0 Å². The third-order valence-electron chi connectivity index (χ3n) is 3.58. The van der Waals surface area contributed by atoms with Crippen molar-refractivity contribution in [2.45, 2.75) is 59.8 Å². The minimum absolute atomic E-state index is 0.220. The summed E-state index contributed by atoms with van der Waals surface area (Å²) in [4.78, 5) is 5.30. The molecule has 0 spiro atoms. The highest BCUT2D eigenvalue weighted by atomic mass is 16.6. The van der Waals surface area contributed by atoms with E-state index >= 15 is 0 Å². The van der Waals surface area contributed by atoms with Crippen molar-refractivity contribution < 1.29 is 4.84 Å².